The number of carbonyl (C=O) groups excluding carboxylic acids is 1. The third-order valence-electron chi connectivity index (χ3n) is 5.70. The van der Waals surface area contributed by atoms with E-state index in [1.807, 2.05) is 0 Å². The van der Waals surface area contributed by atoms with E-state index in [1.165, 1.54) is 32.1 Å². The quantitative estimate of drug-likeness (QED) is 0.852. The molecule has 3 atom stereocenters. The number of nitrogens with zero attached hydrogens (tertiary/aromatic N) is 1. The maximum absolute atomic E-state index is 12.6. The van der Waals surface area contributed by atoms with Crippen molar-refractivity contribution in [3.05, 3.63) is 0 Å². The highest BCUT2D eigenvalue weighted by Gasteiger charge is 2.26. The molecule has 130 valence electrons. The minimum atomic E-state index is 0. The van der Waals surface area contributed by atoms with Crippen molar-refractivity contribution in [3.8, 4) is 0 Å². The average Bonchev–Trinajstić information content (AvgIpc) is 2.74. The second-order valence-corrected chi connectivity index (χ2v) is 7.60. The fourth-order valence-electron chi connectivity index (χ4n) is 3.97. The third-order valence-corrected chi connectivity index (χ3v) is 5.70. The number of amides is 1. The Balaban J connectivity index is 0.00000242. The summed E-state index contributed by atoms with van der Waals surface area (Å²) >= 11 is 0. The fraction of sp³-hybridized carbons (Fsp3) is 0.944. The van der Waals surface area contributed by atoms with Crippen molar-refractivity contribution >= 4 is 18.3 Å². The Morgan fingerprint density at radius 3 is 2.45 bits per heavy atom. The molecule has 1 N–H and O–H groups in total. The van der Waals surface area contributed by atoms with Crippen LogP contribution in [0.3, 0.4) is 0 Å². The molecular formula is C18H35ClN2O. The first kappa shape index (κ1) is 19.8. The number of nitrogens with one attached hydrogen (secondary N) is 1. The predicted octanol–water partition coefficient (Wildman–Crippen LogP) is 3.72. The Morgan fingerprint density at radius 2 is 1.82 bits per heavy atom. The van der Waals surface area contributed by atoms with E-state index in [0.717, 1.165) is 44.4 Å². The lowest BCUT2D eigenvalue weighted by Crippen LogP contribution is -2.37. The van der Waals surface area contributed by atoms with Crippen molar-refractivity contribution in [3.63, 3.8) is 0 Å². The van der Waals surface area contributed by atoms with Crippen molar-refractivity contribution in [1.29, 1.82) is 0 Å². The summed E-state index contributed by atoms with van der Waals surface area (Å²) in [6.07, 6.45) is 6.98. The average molecular weight is 331 g/mol. The Kier molecular flexibility index (Phi) is 8.78. The van der Waals surface area contributed by atoms with E-state index in [4.69, 9.17) is 0 Å². The van der Waals surface area contributed by atoms with Crippen molar-refractivity contribution in [2.24, 2.45) is 23.7 Å². The van der Waals surface area contributed by atoms with Gasteiger partial charge in [-0.05, 0) is 68.9 Å². The molecule has 4 heteroatoms. The van der Waals surface area contributed by atoms with E-state index in [9.17, 15) is 4.79 Å². The van der Waals surface area contributed by atoms with Gasteiger partial charge in [-0.2, -0.15) is 0 Å². The van der Waals surface area contributed by atoms with Gasteiger partial charge in [0.1, 0.15) is 0 Å². The minimum absolute atomic E-state index is 0. The first-order chi connectivity index (χ1) is 10.1. The van der Waals surface area contributed by atoms with Gasteiger partial charge in [-0.25, -0.2) is 0 Å². The smallest absolute Gasteiger partial charge is 0.222 e. The molecule has 0 spiro atoms. The summed E-state index contributed by atoms with van der Waals surface area (Å²) in [5, 5.41) is 3.47. The molecule has 3 nitrogen and oxygen atoms in total. The lowest BCUT2D eigenvalue weighted by Gasteiger charge is -2.30. The first-order valence-electron chi connectivity index (χ1n) is 9.06. The fourth-order valence-corrected chi connectivity index (χ4v) is 3.97. The molecule has 2 heterocycles. The summed E-state index contributed by atoms with van der Waals surface area (Å²) in [5.74, 6) is 3.18. The molecule has 0 aromatic heterocycles. The predicted molar refractivity (Wildman–Crippen MR) is 95.4 cm³/mol. The lowest BCUT2D eigenvalue weighted by molar-refractivity contribution is -0.132. The molecule has 0 aromatic rings. The molecule has 1 amide bonds. The van der Waals surface area contributed by atoms with E-state index in [2.05, 4.69) is 31.0 Å². The van der Waals surface area contributed by atoms with Gasteiger partial charge in [0.25, 0.3) is 0 Å². The summed E-state index contributed by atoms with van der Waals surface area (Å²) in [6, 6.07) is 0. The van der Waals surface area contributed by atoms with Crippen LogP contribution in [-0.2, 0) is 4.79 Å². The van der Waals surface area contributed by atoms with E-state index in [1.54, 1.807) is 0 Å². The van der Waals surface area contributed by atoms with Crippen LogP contribution in [0.4, 0.5) is 0 Å². The molecule has 0 aliphatic carbocycles. The molecule has 2 rings (SSSR count). The van der Waals surface area contributed by atoms with Crippen LogP contribution in [0.5, 0.6) is 0 Å². The van der Waals surface area contributed by atoms with E-state index < -0.39 is 0 Å². The second kappa shape index (κ2) is 9.77. The third kappa shape index (κ3) is 5.73. The zero-order valence-electron chi connectivity index (χ0n) is 14.6. The summed E-state index contributed by atoms with van der Waals surface area (Å²) in [5.41, 5.74) is 0. The van der Waals surface area contributed by atoms with Gasteiger partial charge in [0.2, 0.25) is 5.91 Å². The van der Waals surface area contributed by atoms with E-state index >= 15 is 0 Å². The molecule has 0 radical (unpaired) electrons. The van der Waals surface area contributed by atoms with Gasteiger partial charge in [0.05, 0.1) is 0 Å². The number of piperidine rings is 1. The van der Waals surface area contributed by atoms with Crippen LogP contribution in [-0.4, -0.2) is 37.0 Å². The van der Waals surface area contributed by atoms with Crippen LogP contribution >= 0.6 is 12.4 Å². The molecule has 2 aliphatic heterocycles. The Morgan fingerprint density at radius 1 is 1.09 bits per heavy atom. The monoisotopic (exact) mass is 330 g/mol. The Bertz CT molecular complexity index is 329. The van der Waals surface area contributed by atoms with Crippen LogP contribution in [0.15, 0.2) is 0 Å². The zero-order valence-corrected chi connectivity index (χ0v) is 15.5. The summed E-state index contributed by atoms with van der Waals surface area (Å²) < 4.78 is 0. The zero-order chi connectivity index (χ0) is 15.2. The molecule has 0 saturated carbocycles. The molecule has 2 fully saturated rings. The van der Waals surface area contributed by atoms with E-state index in [0.29, 0.717) is 17.7 Å². The van der Waals surface area contributed by atoms with Crippen molar-refractivity contribution < 1.29 is 4.79 Å². The lowest BCUT2D eigenvalue weighted by atomic mass is 9.85. The number of likely N-dealkylation sites (tertiary alicyclic amines) is 1. The molecular weight excluding hydrogens is 296 g/mol. The van der Waals surface area contributed by atoms with Gasteiger partial charge in [-0.3, -0.25) is 4.79 Å². The molecule has 22 heavy (non-hydrogen) atoms. The van der Waals surface area contributed by atoms with Crippen molar-refractivity contribution in [2.45, 2.75) is 59.3 Å². The largest absolute Gasteiger partial charge is 0.343 e. The van der Waals surface area contributed by atoms with Crippen molar-refractivity contribution in [2.75, 3.05) is 26.2 Å². The van der Waals surface area contributed by atoms with E-state index in [-0.39, 0.29) is 12.4 Å². The van der Waals surface area contributed by atoms with Crippen molar-refractivity contribution in [1.82, 2.24) is 10.2 Å². The van der Waals surface area contributed by atoms with Crippen LogP contribution < -0.4 is 5.32 Å². The van der Waals surface area contributed by atoms with Gasteiger partial charge >= 0.3 is 0 Å². The van der Waals surface area contributed by atoms with Gasteiger partial charge < -0.3 is 10.2 Å². The molecule has 0 aromatic carbocycles. The van der Waals surface area contributed by atoms with Crippen LogP contribution in [0.2, 0.25) is 0 Å². The summed E-state index contributed by atoms with van der Waals surface area (Å²) in [4.78, 5) is 14.7. The number of hydrogen-bond acceptors (Lipinski definition) is 2. The van der Waals surface area contributed by atoms with Crippen LogP contribution in [0, 0.1) is 23.7 Å². The number of halogens is 1. The van der Waals surface area contributed by atoms with Gasteiger partial charge in [0, 0.05) is 19.5 Å². The van der Waals surface area contributed by atoms with Gasteiger partial charge in [-0.1, -0.05) is 20.8 Å². The molecule has 3 unspecified atom stereocenters. The molecule has 2 aliphatic rings. The Labute approximate surface area is 143 Å². The standard InChI is InChI=1S/C18H34N2O.ClH/c1-14(2)16-7-5-10-20(11-8-16)18(21)12-15(3)17-6-4-9-19-13-17;/h14-17,19H,4-13H2,1-3H3;1H. The first-order valence-corrected chi connectivity index (χ1v) is 9.06. The van der Waals surface area contributed by atoms with Gasteiger partial charge in [-0.15, -0.1) is 12.4 Å². The summed E-state index contributed by atoms with van der Waals surface area (Å²) in [6.45, 7) is 11.1. The number of hydrogen-bond donors (Lipinski definition) is 1. The van der Waals surface area contributed by atoms with Gasteiger partial charge in [0.15, 0.2) is 0 Å². The number of carbonyl (C=O) groups is 1. The number of rotatable bonds is 4. The minimum Gasteiger partial charge on any atom is -0.343 e. The summed E-state index contributed by atoms with van der Waals surface area (Å²) in [7, 11) is 0. The highest BCUT2D eigenvalue weighted by molar-refractivity contribution is 5.85. The Hall–Kier alpha value is -0.280. The maximum atomic E-state index is 12.6. The molecule has 0 bridgehead atoms. The normalized spacial score (nSPS) is 27.9. The molecule has 2 saturated heterocycles. The SMILES string of the molecule is CC(C)C1CCCN(C(=O)CC(C)C2CCCNC2)CC1.Cl. The second-order valence-electron chi connectivity index (χ2n) is 7.60. The highest BCUT2D eigenvalue weighted by atomic mass is 35.5. The topological polar surface area (TPSA) is 32.3 Å². The maximum Gasteiger partial charge on any atom is 0.222 e. The van der Waals surface area contributed by atoms with Crippen LogP contribution in [0.1, 0.15) is 59.3 Å². The van der Waals surface area contributed by atoms with Crippen LogP contribution in [0.25, 0.3) is 0 Å². The highest BCUT2D eigenvalue weighted by Crippen LogP contribution is 2.27.